The Kier molecular flexibility index (Phi) is 3.28. The van der Waals surface area contributed by atoms with E-state index in [1.807, 2.05) is 28.8 Å². The molecule has 0 bridgehead atoms. The van der Waals surface area contributed by atoms with E-state index in [9.17, 15) is 10.1 Å². The lowest BCUT2D eigenvalue weighted by Gasteiger charge is -2.10. The number of hydrogen-bond donors (Lipinski definition) is 1. The van der Waals surface area contributed by atoms with Crippen molar-refractivity contribution in [2.75, 3.05) is 7.11 Å². The SMILES string of the molecule is COc1cc(-n2cc(C#N)c3ccccc32)ccc1C(=O)O. The fourth-order valence-electron chi connectivity index (χ4n) is 2.49. The molecule has 0 unspecified atom stereocenters. The average Bonchev–Trinajstić information content (AvgIpc) is 2.93. The number of hydrogen-bond acceptors (Lipinski definition) is 3. The van der Waals surface area contributed by atoms with Crippen molar-refractivity contribution in [1.29, 1.82) is 5.26 Å². The van der Waals surface area contributed by atoms with E-state index in [1.165, 1.54) is 13.2 Å². The molecule has 5 heteroatoms. The molecule has 3 aromatic rings. The quantitative estimate of drug-likeness (QED) is 0.804. The lowest BCUT2D eigenvalue weighted by molar-refractivity contribution is 0.0693. The van der Waals surface area contributed by atoms with Gasteiger partial charge in [0.05, 0.1) is 18.2 Å². The van der Waals surface area contributed by atoms with Gasteiger partial charge in [-0.25, -0.2) is 4.79 Å². The van der Waals surface area contributed by atoms with Crippen LogP contribution in [0.4, 0.5) is 0 Å². The highest BCUT2D eigenvalue weighted by molar-refractivity contribution is 5.92. The highest BCUT2D eigenvalue weighted by atomic mass is 16.5. The molecule has 0 aliphatic heterocycles. The van der Waals surface area contributed by atoms with Gasteiger partial charge in [0.15, 0.2) is 0 Å². The summed E-state index contributed by atoms with van der Waals surface area (Å²) in [6, 6.07) is 14.6. The minimum atomic E-state index is -1.04. The molecule has 1 aromatic heterocycles. The van der Waals surface area contributed by atoms with Crippen LogP contribution in [0.2, 0.25) is 0 Å². The third kappa shape index (κ3) is 2.07. The summed E-state index contributed by atoms with van der Waals surface area (Å²) in [5, 5.41) is 19.2. The van der Waals surface area contributed by atoms with Gasteiger partial charge in [-0.3, -0.25) is 0 Å². The number of carboxylic acids is 1. The maximum atomic E-state index is 11.2. The first kappa shape index (κ1) is 13.7. The number of nitriles is 1. The van der Waals surface area contributed by atoms with Gasteiger partial charge in [0, 0.05) is 23.3 Å². The van der Waals surface area contributed by atoms with E-state index >= 15 is 0 Å². The fourth-order valence-corrected chi connectivity index (χ4v) is 2.49. The molecule has 1 heterocycles. The summed E-state index contributed by atoms with van der Waals surface area (Å²) in [6.07, 6.45) is 1.74. The van der Waals surface area contributed by atoms with Crippen molar-refractivity contribution in [3.05, 3.63) is 59.8 Å². The van der Waals surface area contributed by atoms with Crippen LogP contribution in [-0.2, 0) is 0 Å². The highest BCUT2D eigenvalue weighted by Crippen LogP contribution is 2.28. The van der Waals surface area contributed by atoms with Crippen LogP contribution in [0.3, 0.4) is 0 Å². The second-order valence-electron chi connectivity index (χ2n) is 4.73. The minimum absolute atomic E-state index is 0.100. The van der Waals surface area contributed by atoms with Crippen LogP contribution in [0, 0.1) is 11.3 Å². The summed E-state index contributed by atoms with van der Waals surface area (Å²) in [7, 11) is 1.43. The Morgan fingerprint density at radius 2 is 2.05 bits per heavy atom. The van der Waals surface area contributed by atoms with Gasteiger partial charge in [0.25, 0.3) is 0 Å². The zero-order valence-electron chi connectivity index (χ0n) is 11.8. The summed E-state index contributed by atoms with van der Waals surface area (Å²) >= 11 is 0. The van der Waals surface area contributed by atoms with Gasteiger partial charge in [0.1, 0.15) is 17.4 Å². The number of ether oxygens (including phenoxy) is 1. The molecule has 0 aliphatic carbocycles. The zero-order chi connectivity index (χ0) is 15.7. The third-order valence-electron chi connectivity index (χ3n) is 3.53. The summed E-state index contributed by atoms with van der Waals surface area (Å²) in [6.45, 7) is 0. The molecule has 0 amide bonds. The van der Waals surface area contributed by atoms with E-state index in [0.29, 0.717) is 5.56 Å². The minimum Gasteiger partial charge on any atom is -0.496 e. The second-order valence-corrected chi connectivity index (χ2v) is 4.73. The number of para-hydroxylation sites is 1. The summed E-state index contributed by atoms with van der Waals surface area (Å²) < 4.78 is 7.00. The van der Waals surface area contributed by atoms with Crippen molar-refractivity contribution in [1.82, 2.24) is 4.57 Å². The molecule has 0 fully saturated rings. The highest BCUT2D eigenvalue weighted by Gasteiger charge is 2.14. The van der Waals surface area contributed by atoms with E-state index in [1.54, 1.807) is 18.3 Å². The predicted octanol–water partition coefficient (Wildman–Crippen LogP) is 3.21. The van der Waals surface area contributed by atoms with Crippen molar-refractivity contribution < 1.29 is 14.6 Å². The lowest BCUT2D eigenvalue weighted by Crippen LogP contribution is -2.02. The summed E-state index contributed by atoms with van der Waals surface area (Å²) in [5.74, 6) is -0.764. The number of carboxylic acid groups (broad SMARTS) is 1. The maximum Gasteiger partial charge on any atom is 0.339 e. The predicted molar refractivity (Wildman–Crippen MR) is 81.5 cm³/mol. The lowest BCUT2D eigenvalue weighted by atomic mass is 10.1. The molecule has 22 heavy (non-hydrogen) atoms. The van der Waals surface area contributed by atoms with Crippen molar-refractivity contribution >= 4 is 16.9 Å². The van der Waals surface area contributed by atoms with Crippen LogP contribution in [0.1, 0.15) is 15.9 Å². The topological polar surface area (TPSA) is 75.2 Å². The molecule has 0 spiro atoms. The van der Waals surface area contributed by atoms with E-state index in [2.05, 4.69) is 6.07 Å². The van der Waals surface area contributed by atoms with Crippen molar-refractivity contribution in [3.63, 3.8) is 0 Å². The number of nitrogens with zero attached hydrogens (tertiary/aromatic N) is 2. The molecular weight excluding hydrogens is 280 g/mol. The molecule has 3 rings (SSSR count). The van der Waals surface area contributed by atoms with Gasteiger partial charge >= 0.3 is 5.97 Å². The molecular formula is C17H12N2O3. The number of aromatic carboxylic acids is 1. The van der Waals surface area contributed by atoms with Gasteiger partial charge in [0.2, 0.25) is 0 Å². The van der Waals surface area contributed by atoms with Crippen LogP contribution in [-0.4, -0.2) is 22.8 Å². The molecule has 0 atom stereocenters. The van der Waals surface area contributed by atoms with Gasteiger partial charge in [-0.2, -0.15) is 5.26 Å². The first-order valence-corrected chi connectivity index (χ1v) is 6.57. The monoisotopic (exact) mass is 292 g/mol. The summed E-state index contributed by atoms with van der Waals surface area (Å²) in [4.78, 5) is 11.2. The Morgan fingerprint density at radius 1 is 1.27 bits per heavy atom. The molecule has 2 aromatic carbocycles. The van der Waals surface area contributed by atoms with Crippen LogP contribution in [0.15, 0.2) is 48.7 Å². The van der Waals surface area contributed by atoms with Gasteiger partial charge < -0.3 is 14.4 Å². The molecule has 0 saturated heterocycles. The average molecular weight is 292 g/mol. The normalized spacial score (nSPS) is 10.4. The Balaban J connectivity index is 2.24. The first-order valence-electron chi connectivity index (χ1n) is 6.57. The zero-order valence-corrected chi connectivity index (χ0v) is 11.8. The van der Waals surface area contributed by atoms with E-state index < -0.39 is 5.97 Å². The number of fused-ring (bicyclic) bond motifs is 1. The largest absolute Gasteiger partial charge is 0.496 e. The molecule has 1 N–H and O–H groups in total. The van der Waals surface area contributed by atoms with E-state index in [-0.39, 0.29) is 11.3 Å². The molecule has 0 radical (unpaired) electrons. The van der Waals surface area contributed by atoms with Gasteiger partial charge in [-0.15, -0.1) is 0 Å². The first-order chi connectivity index (χ1) is 10.7. The van der Waals surface area contributed by atoms with Crippen molar-refractivity contribution in [2.24, 2.45) is 0 Å². The van der Waals surface area contributed by atoms with Crippen molar-refractivity contribution in [2.45, 2.75) is 0 Å². The van der Waals surface area contributed by atoms with Gasteiger partial charge in [-0.05, 0) is 18.2 Å². The molecule has 5 nitrogen and oxygen atoms in total. The van der Waals surface area contributed by atoms with Crippen LogP contribution >= 0.6 is 0 Å². The maximum absolute atomic E-state index is 11.2. The van der Waals surface area contributed by atoms with Crippen LogP contribution in [0.25, 0.3) is 16.6 Å². The van der Waals surface area contributed by atoms with Crippen LogP contribution < -0.4 is 4.74 Å². The number of aromatic nitrogens is 1. The molecule has 108 valence electrons. The van der Waals surface area contributed by atoms with Crippen LogP contribution in [0.5, 0.6) is 5.75 Å². The second kappa shape index (κ2) is 5.26. The smallest absolute Gasteiger partial charge is 0.339 e. The number of benzene rings is 2. The van der Waals surface area contributed by atoms with E-state index in [4.69, 9.17) is 9.84 Å². The van der Waals surface area contributed by atoms with Gasteiger partial charge in [-0.1, -0.05) is 18.2 Å². The van der Waals surface area contributed by atoms with E-state index in [0.717, 1.165) is 16.6 Å². The number of rotatable bonds is 3. The fraction of sp³-hybridized carbons (Fsp3) is 0.0588. The van der Waals surface area contributed by atoms with Crippen molar-refractivity contribution in [3.8, 4) is 17.5 Å². The molecule has 0 aliphatic rings. The molecule has 0 saturated carbocycles. The number of carbonyl (C=O) groups is 1. The number of methoxy groups -OCH3 is 1. The summed E-state index contributed by atoms with van der Waals surface area (Å²) in [5.41, 5.74) is 2.28. The Hall–Kier alpha value is -3.26. The Morgan fingerprint density at radius 3 is 2.73 bits per heavy atom. The Labute approximate surface area is 126 Å². The standard InChI is InChI=1S/C17H12N2O3/c1-22-16-8-12(6-7-14(16)17(20)21)19-10-11(9-18)13-4-2-3-5-15(13)19/h2-8,10H,1H3,(H,20,21). The third-order valence-corrected chi connectivity index (χ3v) is 3.53. The Bertz CT molecular complexity index is 919.